The van der Waals surface area contributed by atoms with Crippen LogP contribution in [0.2, 0.25) is 0 Å². The molecule has 0 fully saturated rings. The molecule has 4 rings (SSSR count). The number of nitrogens with one attached hydrogen (secondary N) is 1. The highest BCUT2D eigenvalue weighted by Gasteiger charge is 2.18. The number of amides is 1. The van der Waals surface area contributed by atoms with Crippen LogP contribution in [0.5, 0.6) is 17.2 Å². The number of pyridine rings is 1. The monoisotopic (exact) mass is 398 g/mol. The van der Waals surface area contributed by atoms with E-state index in [-0.39, 0.29) is 30.1 Å². The Hall–Kier alpha value is -3.82. The Balaban J connectivity index is 1.58. The number of aryl methyl sites for hydroxylation is 1. The number of methoxy groups -OCH3 is 1. The van der Waals surface area contributed by atoms with Crippen LogP contribution < -0.4 is 30.8 Å². The van der Waals surface area contributed by atoms with Gasteiger partial charge in [0.25, 0.3) is 5.56 Å². The van der Waals surface area contributed by atoms with Crippen molar-refractivity contribution in [3.8, 4) is 17.2 Å². The van der Waals surface area contributed by atoms with Crippen LogP contribution in [0.3, 0.4) is 0 Å². The smallest absolute Gasteiger partial charge is 0.332 e. The summed E-state index contributed by atoms with van der Waals surface area (Å²) >= 11 is 0. The summed E-state index contributed by atoms with van der Waals surface area (Å²) in [6.45, 7) is -0.0509. The number of carbonyl (C=O) groups excluding carboxylic acids is 1. The van der Waals surface area contributed by atoms with Gasteiger partial charge in [0, 0.05) is 19.8 Å². The first-order valence-electron chi connectivity index (χ1n) is 8.77. The molecule has 0 saturated heterocycles. The first kappa shape index (κ1) is 18.5. The van der Waals surface area contributed by atoms with E-state index < -0.39 is 23.7 Å². The predicted molar refractivity (Wildman–Crippen MR) is 102 cm³/mol. The van der Waals surface area contributed by atoms with Gasteiger partial charge in [-0.25, -0.2) is 14.3 Å². The maximum atomic E-state index is 12.8. The molecule has 0 bridgehead atoms. The highest BCUT2D eigenvalue weighted by molar-refractivity contribution is 5.81. The normalized spacial score (nSPS) is 12.2. The van der Waals surface area contributed by atoms with Crippen molar-refractivity contribution in [3.63, 3.8) is 0 Å². The van der Waals surface area contributed by atoms with Crippen LogP contribution in [0.25, 0.3) is 11.0 Å². The highest BCUT2D eigenvalue weighted by atomic mass is 16.7. The maximum Gasteiger partial charge on any atom is 0.332 e. The van der Waals surface area contributed by atoms with Gasteiger partial charge in [-0.1, -0.05) is 6.07 Å². The Morgan fingerprint density at radius 1 is 1.24 bits per heavy atom. The van der Waals surface area contributed by atoms with Crippen molar-refractivity contribution in [2.75, 3.05) is 13.9 Å². The van der Waals surface area contributed by atoms with Crippen LogP contribution in [-0.2, 0) is 24.9 Å². The van der Waals surface area contributed by atoms with Gasteiger partial charge >= 0.3 is 5.69 Å². The molecule has 0 saturated carbocycles. The second-order valence-corrected chi connectivity index (χ2v) is 6.41. The molecule has 1 aliphatic heterocycles. The second kappa shape index (κ2) is 7.30. The van der Waals surface area contributed by atoms with Crippen LogP contribution in [0.15, 0.2) is 40.1 Å². The van der Waals surface area contributed by atoms with E-state index in [4.69, 9.17) is 14.2 Å². The Kier molecular flexibility index (Phi) is 4.67. The molecular formula is C19H18N4O6. The zero-order valence-electron chi connectivity index (χ0n) is 15.8. The summed E-state index contributed by atoms with van der Waals surface area (Å²) < 4.78 is 17.8. The second-order valence-electron chi connectivity index (χ2n) is 6.41. The van der Waals surface area contributed by atoms with Crippen molar-refractivity contribution in [1.29, 1.82) is 0 Å². The molecule has 0 spiro atoms. The summed E-state index contributed by atoms with van der Waals surface area (Å²) in [7, 11) is 2.90. The summed E-state index contributed by atoms with van der Waals surface area (Å²) in [5.74, 6) is 1.05. The molecule has 0 aliphatic carbocycles. The van der Waals surface area contributed by atoms with Gasteiger partial charge in [-0.15, -0.1) is 0 Å². The van der Waals surface area contributed by atoms with E-state index in [2.05, 4.69) is 10.3 Å². The number of carbonyl (C=O) groups is 1. The minimum Gasteiger partial charge on any atom is -0.496 e. The third-order valence-electron chi connectivity index (χ3n) is 4.64. The van der Waals surface area contributed by atoms with E-state index >= 15 is 0 Å². The highest BCUT2D eigenvalue weighted by Crippen LogP contribution is 2.32. The number of rotatable bonds is 5. The third-order valence-corrected chi connectivity index (χ3v) is 4.64. The molecule has 0 unspecified atom stereocenters. The first-order chi connectivity index (χ1) is 14.0. The lowest BCUT2D eigenvalue weighted by molar-refractivity contribution is -0.121. The van der Waals surface area contributed by atoms with Gasteiger partial charge in [0.15, 0.2) is 17.1 Å². The molecular weight excluding hydrogens is 380 g/mol. The van der Waals surface area contributed by atoms with Crippen molar-refractivity contribution in [2.24, 2.45) is 7.05 Å². The van der Waals surface area contributed by atoms with Gasteiger partial charge in [-0.05, 0) is 23.8 Å². The van der Waals surface area contributed by atoms with Crippen molar-refractivity contribution in [3.05, 3.63) is 56.9 Å². The van der Waals surface area contributed by atoms with Crippen LogP contribution in [0, 0.1) is 0 Å². The van der Waals surface area contributed by atoms with Crippen LogP contribution >= 0.6 is 0 Å². The molecule has 1 amide bonds. The fourth-order valence-corrected chi connectivity index (χ4v) is 3.14. The molecule has 1 aromatic carbocycles. The molecule has 1 aliphatic rings. The van der Waals surface area contributed by atoms with Crippen molar-refractivity contribution < 1.29 is 19.0 Å². The van der Waals surface area contributed by atoms with Gasteiger partial charge in [-0.2, -0.15) is 0 Å². The van der Waals surface area contributed by atoms with E-state index in [1.165, 1.54) is 31.0 Å². The maximum absolute atomic E-state index is 12.8. The zero-order chi connectivity index (χ0) is 20.5. The van der Waals surface area contributed by atoms with Crippen molar-refractivity contribution >= 4 is 16.9 Å². The fourth-order valence-electron chi connectivity index (χ4n) is 3.14. The third kappa shape index (κ3) is 3.28. The number of hydrogen-bond donors (Lipinski definition) is 1. The van der Waals surface area contributed by atoms with Crippen LogP contribution in [0.1, 0.15) is 5.56 Å². The number of aromatic nitrogens is 3. The summed E-state index contributed by atoms with van der Waals surface area (Å²) in [5.41, 5.74) is -0.281. The lowest BCUT2D eigenvalue weighted by Gasteiger charge is -2.12. The summed E-state index contributed by atoms with van der Waals surface area (Å²) in [5, 5.41) is 2.84. The van der Waals surface area contributed by atoms with Gasteiger partial charge in [0.2, 0.25) is 12.7 Å². The van der Waals surface area contributed by atoms with E-state index in [1.54, 1.807) is 18.2 Å². The standard InChI is InChI=1S/C19H18N4O6/c1-22-17-16(13(27-2)5-6-20-17)18(25)23(19(22)26)9-15(24)21-8-11-3-4-12-14(7-11)29-10-28-12/h3-7H,8-10H2,1-2H3,(H,21,24). The quantitative estimate of drug-likeness (QED) is 0.651. The minimum atomic E-state index is -0.638. The van der Waals surface area contributed by atoms with E-state index in [0.29, 0.717) is 11.5 Å². The number of nitrogens with zero attached hydrogens (tertiary/aromatic N) is 3. The summed E-state index contributed by atoms with van der Waals surface area (Å²) in [4.78, 5) is 41.9. The lowest BCUT2D eigenvalue weighted by Crippen LogP contribution is -2.43. The number of hydrogen-bond acceptors (Lipinski definition) is 7. The molecule has 1 N–H and O–H groups in total. The SMILES string of the molecule is COc1ccnc2c1c(=O)n(CC(=O)NCc1ccc3c(c1)OCO3)c(=O)n2C. The van der Waals surface area contributed by atoms with Crippen LogP contribution in [-0.4, -0.2) is 33.9 Å². The molecule has 0 radical (unpaired) electrons. The van der Waals surface area contributed by atoms with E-state index in [9.17, 15) is 14.4 Å². The Bertz CT molecular complexity index is 1230. The van der Waals surface area contributed by atoms with Gasteiger partial charge < -0.3 is 19.5 Å². The number of ether oxygens (including phenoxy) is 3. The molecule has 3 aromatic rings. The van der Waals surface area contributed by atoms with E-state index in [1.807, 2.05) is 0 Å². The summed E-state index contributed by atoms with van der Waals surface area (Å²) in [6, 6.07) is 6.84. The zero-order valence-corrected chi connectivity index (χ0v) is 15.8. The lowest BCUT2D eigenvalue weighted by atomic mass is 10.2. The average Bonchev–Trinajstić information content (AvgIpc) is 3.21. The van der Waals surface area contributed by atoms with Gasteiger partial charge in [0.1, 0.15) is 17.7 Å². The molecule has 3 heterocycles. The Morgan fingerprint density at radius 2 is 2.03 bits per heavy atom. The summed E-state index contributed by atoms with van der Waals surface area (Å²) in [6.07, 6.45) is 1.45. The van der Waals surface area contributed by atoms with Gasteiger partial charge in [-0.3, -0.25) is 14.2 Å². The average molecular weight is 398 g/mol. The predicted octanol–water partition coefficient (Wildman–Crippen LogP) is 0.149. The van der Waals surface area contributed by atoms with Crippen LogP contribution in [0.4, 0.5) is 0 Å². The first-order valence-corrected chi connectivity index (χ1v) is 8.77. The molecule has 2 aromatic heterocycles. The van der Waals surface area contributed by atoms with Crippen molar-refractivity contribution in [2.45, 2.75) is 13.1 Å². The molecule has 10 nitrogen and oxygen atoms in total. The molecule has 150 valence electrons. The van der Waals surface area contributed by atoms with Crippen molar-refractivity contribution in [1.82, 2.24) is 19.4 Å². The topological polar surface area (TPSA) is 114 Å². The molecule has 0 atom stereocenters. The largest absolute Gasteiger partial charge is 0.496 e. The minimum absolute atomic E-state index is 0.140. The number of benzene rings is 1. The number of fused-ring (bicyclic) bond motifs is 2. The Labute approximate surface area is 164 Å². The molecule has 10 heteroatoms. The van der Waals surface area contributed by atoms with E-state index in [0.717, 1.165) is 10.1 Å². The fraction of sp³-hybridized carbons (Fsp3) is 0.263. The Morgan fingerprint density at radius 3 is 2.83 bits per heavy atom. The van der Waals surface area contributed by atoms with Gasteiger partial charge in [0.05, 0.1) is 7.11 Å². The molecule has 29 heavy (non-hydrogen) atoms.